The minimum Gasteiger partial charge on any atom is -0.383 e. The fraction of sp³-hybridized carbons (Fsp3) is 0.333. The quantitative estimate of drug-likeness (QED) is 0.830. The van der Waals surface area contributed by atoms with Gasteiger partial charge in [0.05, 0.1) is 9.26 Å². The van der Waals surface area contributed by atoms with Gasteiger partial charge >= 0.3 is 0 Å². The number of nitrogens with two attached hydrogens (primary N) is 1. The molecule has 0 radical (unpaired) electrons. The van der Waals surface area contributed by atoms with Gasteiger partial charge in [0.25, 0.3) is 0 Å². The summed E-state index contributed by atoms with van der Waals surface area (Å²) in [6.45, 7) is 2.10. The van der Waals surface area contributed by atoms with Crippen molar-refractivity contribution in [3.05, 3.63) is 15.6 Å². The largest absolute Gasteiger partial charge is 0.383 e. The van der Waals surface area contributed by atoms with E-state index >= 15 is 0 Å². The third kappa shape index (κ3) is 2.13. The zero-order valence-electron chi connectivity index (χ0n) is 8.74. The van der Waals surface area contributed by atoms with Crippen LogP contribution in [0.25, 0.3) is 11.6 Å². The van der Waals surface area contributed by atoms with Crippen molar-refractivity contribution in [2.24, 2.45) is 0 Å². The van der Waals surface area contributed by atoms with Crippen molar-refractivity contribution in [3.63, 3.8) is 0 Å². The molecule has 0 atom stereocenters. The third-order valence-electron chi connectivity index (χ3n) is 2.06. The van der Waals surface area contributed by atoms with Crippen molar-refractivity contribution in [1.82, 2.24) is 25.1 Å². The maximum atomic E-state index is 5.84. The minimum atomic E-state index is 0.491. The maximum Gasteiger partial charge on any atom is 0.199 e. The molecule has 0 saturated carbocycles. The van der Waals surface area contributed by atoms with E-state index in [2.05, 4.69) is 54.7 Å². The number of hydrogen-bond donors (Lipinski definition) is 2. The Bertz CT molecular complexity index is 481. The standard InChI is InChI=1S/C9H11IN6/c1-2-3-5-6(10)7(11)15-9(14-5)8-12-4-13-16-8/h4H,2-3H2,1H3,(H2,11,14,15)(H,12,13,16). The Hall–Kier alpha value is -1.25. The van der Waals surface area contributed by atoms with E-state index in [0.29, 0.717) is 17.5 Å². The van der Waals surface area contributed by atoms with E-state index in [1.165, 1.54) is 6.33 Å². The van der Waals surface area contributed by atoms with E-state index < -0.39 is 0 Å². The summed E-state index contributed by atoms with van der Waals surface area (Å²) >= 11 is 2.17. The SMILES string of the molecule is CCCc1nc(-c2ncn[nH]2)nc(N)c1I. The number of aromatic nitrogens is 5. The molecule has 0 bridgehead atoms. The Morgan fingerprint density at radius 2 is 2.25 bits per heavy atom. The zero-order chi connectivity index (χ0) is 11.5. The monoisotopic (exact) mass is 330 g/mol. The average molecular weight is 330 g/mol. The molecule has 0 aliphatic carbocycles. The third-order valence-corrected chi connectivity index (χ3v) is 3.23. The van der Waals surface area contributed by atoms with E-state index in [4.69, 9.17) is 5.73 Å². The van der Waals surface area contributed by atoms with Gasteiger partial charge in [-0.05, 0) is 29.0 Å². The van der Waals surface area contributed by atoms with Gasteiger partial charge < -0.3 is 5.73 Å². The highest BCUT2D eigenvalue weighted by molar-refractivity contribution is 14.1. The van der Waals surface area contributed by atoms with Gasteiger partial charge in [-0.2, -0.15) is 5.10 Å². The van der Waals surface area contributed by atoms with Crippen LogP contribution in [0, 0.1) is 3.57 Å². The van der Waals surface area contributed by atoms with Crippen LogP contribution in [0.1, 0.15) is 19.0 Å². The molecule has 0 aromatic carbocycles. The lowest BCUT2D eigenvalue weighted by molar-refractivity contribution is 0.866. The van der Waals surface area contributed by atoms with Crippen LogP contribution in [0.3, 0.4) is 0 Å². The van der Waals surface area contributed by atoms with Gasteiger partial charge in [0, 0.05) is 0 Å². The maximum absolute atomic E-state index is 5.84. The lowest BCUT2D eigenvalue weighted by Gasteiger charge is -2.06. The smallest absolute Gasteiger partial charge is 0.199 e. The molecule has 2 rings (SSSR count). The van der Waals surface area contributed by atoms with Crippen molar-refractivity contribution >= 4 is 28.4 Å². The van der Waals surface area contributed by atoms with Gasteiger partial charge in [0.15, 0.2) is 11.6 Å². The molecule has 0 amide bonds. The summed E-state index contributed by atoms with van der Waals surface area (Å²) in [5, 5.41) is 6.49. The number of H-pyrrole nitrogens is 1. The molecule has 0 aliphatic heterocycles. The van der Waals surface area contributed by atoms with Gasteiger partial charge in [-0.25, -0.2) is 15.0 Å². The second-order valence-corrected chi connectivity index (χ2v) is 4.36. The number of nitrogen functional groups attached to an aromatic ring is 1. The van der Waals surface area contributed by atoms with Crippen LogP contribution in [0.15, 0.2) is 6.33 Å². The first-order chi connectivity index (χ1) is 7.72. The van der Waals surface area contributed by atoms with Crippen molar-refractivity contribution in [2.45, 2.75) is 19.8 Å². The van der Waals surface area contributed by atoms with E-state index in [-0.39, 0.29) is 0 Å². The fourth-order valence-electron chi connectivity index (χ4n) is 1.33. The second-order valence-electron chi connectivity index (χ2n) is 3.28. The number of nitrogens with zero attached hydrogens (tertiary/aromatic N) is 4. The van der Waals surface area contributed by atoms with Gasteiger partial charge in [-0.3, -0.25) is 5.10 Å². The second kappa shape index (κ2) is 4.73. The molecule has 0 saturated heterocycles. The topological polar surface area (TPSA) is 93.4 Å². The number of rotatable bonds is 3. The Balaban J connectivity index is 2.48. The van der Waals surface area contributed by atoms with Crippen molar-refractivity contribution in [3.8, 4) is 11.6 Å². The summed E-state index contributed by atoms with van der Waals surface area (Å²) in [5.74, 6) is 1.53. The molecule has 0 spiro atoms. The number of halogens is 1. The highest BCUT2D eigenvalue weighted by Gasteiger charge is 2.12. The summed E-state index contributed by atoms with van der Waals surface area (Å²) in [7, 11) is 0. The predicted octanol–water partition coefficient (Wildman–Crippen LogP) is 1.40. The Morgan fingerprint density at radius 3 is 2.88 bits per heavy atom. The van der Waals surface area contributed by atoms with E-state index in [9.17, 15) is 0 Å². The summed E-state index contributed by atoms with van der Waals surface area (Å²) in [5.41, 5.74) is 6.80. The molecule has 2 aromatic rings. The fourth-order valence-corrected chi connectivity index (χ4v) is 1.85. The predicted molar refractivity (Wildman–Crippen MR) is 68.5 cm³/mol. The molecule has 16 heavy (non-hydrogen) atoms. The van der Waals surface area contributed by atoms with Crippen molar-refractivity contribution < 1.29 is 0 Å². The molecule has 6 nitrogen and oxygen atoms in total. The van der Waals surface area contributed by atoms with Crippen LogP contribution >= 0.6 is 22.6 Å². The van der Waals surface area contributed by atoms with E-state index in [0.717, 1.165) is 22.1 Å². The molecule has 0 fully saturated rings. The first kappa shape index (κ1) is 11.2. The number of aryl methyl sites for hydroxylation is 1. The zero-order valence-corrected chi connectivity index (χ0v) is 10.9. The summed E-state index contributed by atoms with van der Waals surface area (Å²) in [6.07, 6.45) is 3.32. The summed E-state index contributed by atoms with van der Waals surface area (Å²) < 4.78 is 0.919. The summed E-state index contributed by atoms with van der Waals surface area (Å²) in [4.78, 5) is 12.6. The van der Waals surface area contributed by atoms with Crippen LogP contribution < -0.4 is 5.73 Å². The van der Waals surface area contributed by atoms with Gasteiger partial charge in [-0.15, -0.1) is 0 Å². The Labute approximate surface area is 106 Å². The summed E-state index contributed by atoms with van der Waals surface area (Å²) in [6, 6.07) is 0. The molecular formula is C9H11IN6. The lowest BCUT2D eigenvalue weighted by atomic mass is 10.2. The van der Waals surface area contributed by atoms with E-state index in [1.807, 2.05) is 0 Å². The molecule has 84 valence electrons. The minimum absolute atomic E-state index is 0.491. The molecule has 2 aromatic heterocycles. The molecule has 0 unspecified atom stereocenters. The first-order valence-electron chi connectivity index (χ1n) is 4.90. The number of nitrogens with one attached hydrogen (secondary N) is 1. The highest BCUT2D eigenvalue weighted by Crippen LogP contribution is 2.20. The molecule has 2 heterocycles. The molecule has 7 heteroatoms. The highest BCUT2D eigenvalue weighted by atomic mass is 127. The van der Waals surface area contributed by atoms with Crippen LogP contribution in [0.2, 0.25) is 0 Å². The molecule has 3 N–H and O–H groups in total. The van der Waals surface area contributed by atoms with Crippen LogP contribution in [0.4, 0.5) is 5.82 Å². The normalized spacial score (nSPS) is 10.6. The van der Waals surface area contributed by atoms with Crippen molar-refractivity contribution in [2.75, 3.05) is 5.73 Å². The average Bonchev–Trinajstić information content (AvgIpc) is 2.78. The lowest BCUT2D eigenvalue weighted by Crippen LogP contribution is -2.05. The van der Waals surface area contributed by atoms with Gasteiger partial charge in [0.1, 0.15) is 12.1 Å². The number of anilines is 1. The van der Waals surface area contributed by atoms with E-state index in [1.54, 1.807) is 0 Å². The Morgan fingerprint density at radius 1 is 1.44 bits per heavy atom. The molecule has 0 aliphatic rings. The van der Waals surface area contributed by atoms with Gasteiger partial charge in [-0.1, -0.05) is 13.3 Å². The van der Waals surface area contributed by atoms with Crippen LogP contribution in [-0.4, -0.2) is 25.1 Å². The molecular weight excluding hydrogens is 319 g/mol. The van der Waals surface area contributed by atoms with Crippen molar-refractivity contribution in [1.29, 1.82) is 0 Å². The number of hydrogen-bond acceptors (Lipinski definition) is 5. The first-order valence-corrected chi connectivity index (χ1v) is 5.98. The van der Waals surface area contributed by atoms with Crippen LogP contribution in [-0.2, 0) is 6.42 Å². The van der Waals surface area contributed by atoms with Gasteiger partial charge in [0.2, 0.25) is 0 Å². The Kier molecular flexibility index (Phi) is 3.32. The number of aromatic amines is 1. The van der Waals surface area contributed by atoms with Crippen LogP contribution in [0.5, 0.6) is 0 Å².